The van der Waals surface area contributed by atoms with Gasteiger partial charge in [0.05, 0.1) is 25.4 Å². The van der Waals surface area contributed by atoms with E-state index in [-0.39, 0.29) is 24.4 Å². The number of aliphatic hydroxyl groups excluding tert-OH is 1. The van der Waals surface area contributed by atoms with Crippen molar-refractivity contribution >= 4 is 28.9 Å². The second-order valence-electron chi connectivity index (χ2n) is 14.0. The molecule has 0 aliphatic carbocycles. The molecule has 4 heterocycles. The fraction of sp³-hybridized carbons (Fsp3) is 0.514. The van der Waals surface area contributed by atoms with Gasteiger partial charge in [-0.1, -0.05) is 11.6 Å². The number of likely N-dealkylation sites (N-methyl/N-ethyl adjacent to an activating group) is 1. The number of benzene rings is 2. The fourth-order valence-corrected chi connectivity index (χ4v) is 8.02. The Morgan fingerprint density at radius 3 is 2.41 bits per heavy atom. The van der Waals surface area contributed by atoms with E-state index in [1.807, 2.05) is 22.8 Å². The van der Waals surface area contributed by atoms with Crippen LogP contribution in [0, 0.1) is 19.7 Å². The topological polar surface area (TPSA) is 93.5 Å². The number of ether oxygens (including phenoxy) is 1. The smallest absolute Gasteiger partial charge is 0.275 e. The summed E-state index contributed by atoms with van der Waals surface area (Å²) in [5.74, 6) is -3.23. The number of halogens is 4. The number of nitrogens with one attached hydrogen (secondary N) is 1. The number of nitrogens with zero attached hydrogens (tertiary/aromatic N) is 5. The van der Waals surface area contributed by atoms with Gasteiger partial charge in [0.1, 0.15) is 23.8 Å². The van der Waals surface area contributed by atoms with E-state index in [9.17, 15) is 14.7 Å². The Kier molecular flexibility index (Phi) is 10.7. The summed E-state index contributed by atoms with van der Waals surface area (Å²) in [6.07, 6.45) is 2.03. The SMILES string of the molecule is COc1cc(-c2cn(C)c(=O)c(C)c2C)cc(Cl)c1CN1CCC(N2CCN(c3ccc(N(C)C4CCC(O)NC4=O)cc3F)CC2)C(F)(F)C1. The molecule has 3 atom stereocenters. The Balaban J connectivity index is 1.08. The summed E-state index contributed by atoms with van der Waals surface area (Å²) >= 11 is 6.78. The molecule has 3 aliphatic heterocycles. The first-order chi connectivity index (χ1) is 24.2. The molecule has 2 aromatic carbocycles. The Bertz CT molecular complexity index is 1850. The Morgan fingerprint density at radius 1 is 1.04 bits per heavy atom. The molecule has 14 heteroatoms. The summed E-state index contributed by atoms with van der Waals surface area (Å²) in [5.41, 5.74) is 4.60. The number of pyridine rings is 1. The average Bonchev–Trinajstić information content (AvgIpc) is 3.09. The maximum atomic E-state index is 15.8. The van der Waals surface area contributed by atoms with Gasteiger partial charge in [-0.25, -0.2) is 13.2 Å². The lowest BCUT2D eigenvalue weighted by molar-refractivity contribution is -0.129. The zero-order valence-electron chi connectivity index (χ0n) is 29.7. The number of aromatic nitrogens is 1. The zero-order valence-corrected chi connectivity index (χ0v) is 30.4. The van der Waals surface area contributed by atoms with Gasteiger partial charge in [-0.15, -0.1) is 0 Å². The van der Waals surface area contributed by atoms with Crippen LogP contribution in [0.4, 0.5) is 24.5 Å². The van der Waals surface area contributed by atoms with Crippen molar-refractivity contribution in [3.05, 3.63) is 74.4 Å². The van der Waals surface area contributed by atoms with E-state index in [0.717, 1.165) is 16.7 Å². The standard InChI is InChI=1S/C37H46ClF3N6O4/c1-22-23(2)36(50)43(3)19-26(22)24-16-28(38)27(32(17-24)51-5)20-45-11-10-33(37(40,41)21-45)47-14-12-46(13-15-47)30-7-6-25(18-29(30)39)44(4)31-8-9-34(48)42-35(31)49/h6-7,16-19,31,33-34,48H,8-15,20-21H2,1-5H3,(H,42,49). The van der Waals surface area contributed by atoms with E-state index in [0.29, 0.717) is 78.8 Å². The number of anilines is 2. The first-order valence-electron chi connectivity index (χ1n) is 17.3. The van der Waals surface area contributed by atoms with E-state index in [1.165, 1.54) is 17.7 Å². The van der Waals surface area contributed by atoms with Crippen molar-refractivity contribution in [1.82, 2.24) is 19.7 Å². The highest BCUT2D eigenvalue weighted by Crippen LogP contribution is 2.38. The number of piperidine rings is 2. The molecule has 3 aliphatic rings. The molecule has 1 aromatic heterocycles. The van der Waals surface area contributed by atoms with Crippen LogP contribution < -0.4 is 25.4 Å². The van der Waals surface area contributed by atoms with Gasteiger partial charge in [-0.2, -0.15) is 0 Å². The van der Waals surface area contributed by atoms with Gasteiger partial charge in [-0.05, 0) is 74.6 Å². The summed E-state index contributed by atoms with van der Waals surface area (Å²) in [7, 11) is 4.95. The van der Waals surface area contributed by atoms with Crippen LogP contribution in [0.5, 0.6) is 5.75 Å². The number of alkyl halides is 2. The van der Waals surface area contributed by atoms with Crippen LogP contribution in [0.1, 0.15) is 36.0 Å². The highest BCUT2D eigenvalue weighted by atomic mass is 35.5. The molecule has 1 amide bonds. The Labute approximate surface area is 301 Å². The number of amides is 1. The van der Waals surface area contributed by atoms with Crippen LogP contribution in [-0.2, 0) is 18.4 Å². The van der Waals surface area contributed by atoms with Crippen molar-refractivity contribution < 1.29 is 27.8 Å². The van der Waals surface area contributed by atoms with Crippen molar-refractivity contribution in [1.29, 1.82) is 0 Å². The van der Waals surface area contributed by atoms with Gasteiger partial charge in [0.2, 0.25) is 5.91 Å². The summed E-state index contributed by atoms with van der Waals surface area (Å²) in [4.78, 5) is 31.9. The van der Waals surface area contributed by atoms with Crippen LogP contribution in [0.2, 0.25) is 5.02 Å². The van der Waals surface area contributed by atoms with Crippen molar-refractivity contribution in [3.63, 3.8) is 0 Å². The molecule has 51 heavy (non-hydrogen) atoms. The summed E-state index contributed by atoms with van der Waals surface area (Å²) < 4.78 is 54.3. The molecule has 3 unspecified atom stereocenters. The minimum atomic E-state index is -2.98. The highest BCUT2D eigenvalue weighted by molar-refractivity contribution is 6.32. The summed E-state index contributed by atoms with van der Waals surface area (Å²) in [6, 6.07) is 7.02. The number of aryl methyl sites for hydroxylation is 1. The third-order valence-electron chi connectivity index (χ3n) is 10.9. The number of hydrogen-bond donors (Lipinski definition) is 2. The van der Waals surface area contributed by atoms with Crippen LogP contribution in [0.15, 0.2) is 41.3 Å². The van der Waals surface area contributed by atoms with E-state index >= 15 is 13.2 Å². The number of piperazine rings is 1. The molecule has 3 saturated heterocycles. The lowest BCUT2D eigenvalue weighted by Gasteiger charge is -2.46. The molecule has 0 saturated carbocycles. The fourth-order valence-electron chi connectivity index (χ4n) is 7.75. The molecule has 0 radical (unpaired) electrons. The number of carbonyl (C=O) groups excluding carboxylic acids is 1. The number of carbonyl (C=O) groups is 1. The van der Waals surface area contributed by atoms with Crippen LogP contribution in [0.25, 0.3) is 11.1 Å². The molecule has 3 aromatic rings. The van der Waals surface area contributed by atoms with Crippen LogP contribution in [-0.4, -0.2) is 103 Å². The van der Waals surface area contributed by atoms with Crippen molar-refractivity contribution in [2.24, 2.45) is 7.05 Å². The van der Waals surface area contributed by atoms with Gasteiger partial charge < -0.3 is 29.5 Å². The zero-order chi connectivity index (χ0) is 36.8. The van der Waals surface area contributed by atoms with Crippen LogP contribution in [0.3, 0.4) is 0 Å². The summed E-state index contributed by atoms with van der Waals surface area (Å²) in [6.45, 7) is 5.43. The molecule has 0 bridgehead atoms. The number of rotatable bonds is 8. The quantitative estimate of drug-likeness (QED) is 0.350. The van der Waals surface area contributed by atoms with Crippen molar-refractivity contribution in [3.8, 4) is 16.9 Å². The lowest BCUT2D eigenvalue weighted by Crippen LogP contribution is -2.61. The molecular formula is C37H46ClF3N6O4. The van der Waals surface area contributed by atoms with Gasteiger partial charge in [-0.3, -0.25) is 19.4 Å². The Hall–Kier alpha value is -3.78. The molecule has 10 nitrogen and oxygen atoms in total. The van der Waals surface area contributed by atoms with E-state index < -0.39 is 36.6 Å². The predicted molar refractivity (Wildman–Crippen MR) is 193 cm³/mol. The maximum Gasteiger partial charge on any atom is 0.275 e. The monoisotopic (exact) mass is 730 g/mol. The Morgan fingerprint density at radius 2 is 1.76 bits per heavy atom. The van der Waals surface area contributed by atoms with Crippen molar-refractivity contribution in [2.45, 2.75) is 63.9 Å². The lowest BCUT2D eigenvalue weighted by atomic mass is 9.96. The van der Waals surface area contributed by atoms with Gasteiger partial charge in [0.15, 0.2) is 0 Å². The molecule has 6 rings (SSSR count). The minimum absolute atomic E-state index is 0.0728. The van der Waals surface area contributed by atoms with E-state index in [4.69, 9.17) is 16.3 Å². The second kappa shape index (κ2) is 14.7. The van der Waals surface area contributed by atoms with Gasteiger partial charge >= 0.3 is 0 Å². The minimum Gasteiger partial charge on any atom is -0.496 e. The molecule has 2 N–H and O–H groups in total. The van der Waals surface area contributed by atoms with Crippen molar-refractivity contribution in [2.75, 3.05) is 63.2 Å². The van der Waals surface area contributed by atoms with E-state index in [2.05, 4.69) is 5.32 Å². The number of hydrogen-bond acceptors (Lipinski definition) is 8. The predicted octanol–water partition coefficient (Wildman–Crippen LogP) is 4.54. The summed E-state index contributed by atoms with van der Waals surface area (Å²) in [5, 5.41) is 12.6. The normalized spacial score (nSPS) is 22.9. The number of aliphatic hydroxyl groups is 1. The third kappa shape index (κ3) is 7.44. The number of methoxy groups -OCH3 is 1. The largest absolute Gasteiger partial charge is 0.496 e. The van der Waals surface area contributed by atoms with Gasteiger partial charge in [0.25, 0.3) is 11.5 Å². The molecular weight excluding hydrogens is 685 g/mol. The molecule has 276 valence electrons. The first kappa shape index (κ1) is 37.0. The van der Waals surface area contributed by atoms with Gasteiger partial charge in [0, 0.05) is 87.0 Å². The average molecular weight is 731 g/mol. The number of likely N-dealkylation sites (tertiary alicyclic amines) is 1. The maximum absolute atomic E-state index is 15.8. The molecule has 3 fully saturated rings. The second-order valence-corrected chi connectivity index (χ2v) is 14.4. The third-order valence-corrected chi connectivity index (χ3v) is 11.2. The highest BCUT2D eigenvalue weighted by Gasteiger charge is 2.48. The van der Waals surface area contributed by atoms with E-state index in [1.54, 1.807) is 55.2 Å². The van der Waals surface area contributed by atoms with Crippen LogP contribution >= 0.6 is 11.6 Å². The first-order valence-corrected chi connectivity index (χ1v) is 17.7. The molecule has 0 spiro atoms.